The number of carbonyl (C=O) groups is 1. The smallest absolute Gasteiger partial charge is 0.309 e. The van der Waals surface area contributed by atoms with Gasteiger partial charge >= 0.3 is 5.97 Å². The van der Waals surface area contributed by atoms with E-state index in [2.05, 4.69) is 6.92 Å². The highest BCUT2D eigenvalue weighted by Gasteiger charge is 2.25. The number of benzene rings is 1. The molecule has 0 aliphatic rings. The number of hydrogen-bond donors (Lipinski definition) is 2. The number of carboxylic acid groups (broad SMARTS) is 1. The van der Waals surface area contributed by atoms with Crippen molar-refractivity contribution >= 4 is 5.97 Å². The quantitative estimate of drug-likeness (QED) is 0.446. The fraction of sp³-hybridized carbons (Fsp3) is 0.667. The summed E-state index contributed by atoms with van der Waals surface area (Å²) in [6, 6.07) is 10.1. The molecule has 1 aromatic carbocycles. The predicted molar refractivity (Wildman–Crippen MR) is 100 cm³/mol. The summed E-state index contributed by atoms with van der Waals surface area (Å²) in [5.74, 6) is -1.48. The van der Waals surface area contributed by atoms with Crippen LogP contribution in [0.2, 0.25) is 0 Å². The summed E-state index contributed by atoms with van der Waals surface area (Å²) in [6.45, 7) is 3.46. The molecule has 0 amide bonds. The van der Waals surface area contributed by atoms with Crippen molar-refractivity contribution in [2.45, 2.75) is 77.4 Å². The summed E-state index contributed by atoms with van der Waals surface area (Å²) in [6.07, 6.45) is 7.33. The number of carboxylic acids is 1. The molecule has 0 saturated heterocycles. The number of rotatable bonds is 15. The van der Waals surface area contributed by atoms with Crippen LogP contribution in [0.15, 0.2) is 30.3 Å². The standard InChI is InChI=1S/C21H34O4/c1-2-3-4-9-14-19(21(23)24)20(22)15-10-6-11-16-25-17-18-12-7-5-8-13-18/h5,7-8,12-13,19-20,22H,2-4,6,9-11,14-17H2,1H3,(H,23,24). The van der Waals surface area contributed by atoms with Crippen LogP contribution < -0.4 is 0 Å². The van der Waals surface area contributed by atoms with Gasteiger partial charge in [-0.05, 0) is 24.8 Å². The van der Waals surface area contributed by atoms with Gasteiger partial charge in [0.15, 0.2) is 0 Å². The van der Waals surface area contributed by atoms with Gasteiger partial charge in [-0.3, -0.25) is 4.79 Å². The molecule has 4 heteroatoms. The van der Waals surface area contributed by atoms with Crippen LogP contribution >= 0.6 is 0 Å². The fourth-order valence-corrected chi connectivity index (χ4v) is 2.97. The molecule has 0 saturated carbocycles. The van der Waals surface area contributed by atoms with Crippen molar-refractivity contribution in [3.8, 4) is 0 Å². The molecule has 0 heterocycles. The van der Waals surface area contributed by atoms with Gasteiger partial charge in [-0.1, -0.05) is 75.8 Å². The second kappa shape index (κ2) is 13.9. The number of unbranched alkanes of at least 4 members (excludes halogenated alkanes) is 5. The van der Waals surface area contributed by atoms with Crippen LogP contribution in [-0.2, 0) is 16.1 Å². The maximum atomic E-state index is 11.3. The SMILES string of the molecule is CCCCCCC(C(=O)O)C(O)CCCCCOCc1ccccc1. The van der Waals surface area contributed by atoms with E-state index in [-0.39, 0.29) is 0 Å². The Kier molecular flexibility index (Phi) is 12.0. The molecule has 0 spiro atoms. The zero-order chi connectivity index (χ0) is 18.3. The van der Waals surface area contributed by atoms with Crippen LogP contribution in [-0.4, -0.2) is 28.9 Å². The average Bonchev–Trinajstić information content (AvgIpc) is 2.61. The van der Waals surface area contributed by atoms with E-state index in [1.807, 2.05) is 30.3 Å². The lowest BCUT2D eigenvalue weighted by atomic mass is 9.92. The highest BCUT2D eigenvalue weighted by Crippen LogP contribution is 2.19. The van der Waals surface area contributed by atoms with E-state index in [4.69, 9.17) is 4.74 Å². The summed E-state index contributed by atoms with van der Waals surface area (Å²) in [5, 5.41) is 19.5. The van der Waals surface area contributed by atoms with Crippen molar-refractivity contribution in [3.63, 3.8) is 0 Å². The average molecular weight is 350 g/mol. The van der Waals surface area contributed by atoms with Gasteiger partial charge in [0, 0.05) is 6.61 Å². The van der Waals surface area contributed by atoms with Gasteiger partial charge in [0.1, 0.15) is 0 Å². The number of aliphatic carboxylic acids is 1. The van der Waals surface area contributed by atoms with Crippen LogP contribution in [0.1, 0.15) is 70.3 Å². The van der Waals surface area contributed by atoms with Crippen molar-refractivity contribution in [1.29, 1.82) is 0 Å². The molecule has 4 nitrogen and oxygen atoms in total. The minimum atomic E-state index is -0.866. The van der Waals surface area contributed by atoms with Crippen molar-refractivity contribution in [2.24, 2.45) is 5.92 Å². The highest BCUT2D eigenvalue weighted by molar-refractivity contribution is 5.70. The lowest BCUT2D eigenvalue weighted by Crippen LogP contribution is -2.28. The van der Waals surface area contributed by atoms with E-state index in [0.29, 0.717) is 26.1 Å². The minimum Gasteiger partial charge on any atom is -0.481 e. The van der Waals surface area contributed by atoms with Crippen LogP contribution in [0, 0.1) is 5.92 Å². The third-order valence-electron chi connectivity index (χ3n) is 4.55. The molecule has 0 radical (unpaired) electrons. The Bertz CT molecular complexity index is 446. The first-order valence-electron chi connectivity index (χ1n) is 9.67. The Morgan fingerprint density at radius 1 is 1.00 bits per heavy atom. The molecule has 25 heavy (non-hydrogen) atoms. The van der Waals surface area contributed by atoms with Crippen molar-refractivity contribution in [3.05, 3.63) is 35.9 Å². The van der Waals surface area contributed by atoms with Gasteiger partial charge in [-0.2, -0.15) is 0 Å². The van der Waals surface area contributed by atoms with E-state index < -0.39 is 18.0 Å². The summed E-state index contributed by atoms with van der Waals surface area (Å²) in [7, 11) is 0. The number of aliphatic hydroxyl groups is 1. The lowest BCUT2D eigenvalue weighted by molar-refractivity contribution is -0.146. The molecule has 2 unspecified atom stereocenters. The maximum absolute atomic E-state index is 11.3. The normalized spacial score (nSPS) is 13.5. The lowest BCUT2D eigenvalue weighted by Gasteiger charge is -2.19. The molecule has 142 valence electrons. The Labute approximate surface area is 152 Å². The molecule has 1 rings (SSSR count). The van der Waals surface area contributed by atoms with E-state index in [1.165, 1.54) is 5.56 Å². The Morgan fingerprint density at radius 2 is 1.68 bits per heavy atom. The van der Waals surface area contributed by atoms with E-state index in [0.717, 1.165) is 44.9 Å². The Morgan fingerprint density at radius 3 is 2.36 bits per heavy atom. The van der Waals surface area contributed by atoms with Crippen molar-refractivity contribution in [2.75, 3.05) is 6.61 Å². The molecule has 0 aliphatic carbocycles. The van der Waals surface area contributed by atoms with Gasteiger partial charge in [0.05, 0.1) is 18.6 Å². The van der Waals surface area contributed by atoms with E-state index in [9.17, 15) is 15.0 Å². The van der Waals surface area contributed by atoms with Gasteiger partial charge in [-0.15, -0.1) is 0 Å². The first kappa shape index (κ1) is 21.7. The van der Waals surface area contributed by atoms with Crippen LogP contribution in [0.3, 0.4) is 0 Å². The second-order valence-electron chi connectivity index (χ2n) is 6.75. The number of aliphatic hydroxyl groups excluding tert-OH is 1. The molecular weight excluding hydrogens is 316 g/mol. The Hall–Kier alpha value is -1.39. The molecule has 2 N–H and O–H groups in total. The van der Waals surface area contributed by atoms with Gasteiger partial charge in [-0.25, -0.2) is 0 Å². The van der Waals surface area contributed by atoms with Gasteiger partial charge < -0.3 is 14.9 Å². The molecule has 1 aromatic rings. The van der Waals surface area contributed by atoms with Crippen LogP contribution in [0.25, 0.3) is 0 Å². The van der Waals surface area contributed by atoms with Crippen LogP contribution in [0.4, 0.5) is 0 Å². The highest BCUT2D eigenvalue weighted by atomic mass is 16.5. The number of hydrogen-bond acceptors (Lipinski definition) is 3. The summed E-state index contributed by atoms with van der Waals surface area (Å²) in [4.78, 5) is 11.3. The first-order chi connectivity index (χ1) is 12.1. The van der Waals surface area contributed by atoms with Gasteiger partial charge in [0.25, 0.3) is 0 Å². The van der Waals surface area contributed by atoms with Crippen molar-refractivity contribution < 1.29 is 19.7 Å². The monoisotopic (exact) mass is 350 g/mol. The van der Waals surface area contributed by atoms with Gasteiger partial charge in [0.2, 0.25) is 0 Å². The third-order valence-corrected chi connectivity index (χ3v) is 4.55. The fourth-order valence-electron chi connectivity index (χ4n) is 2.97. The summed E-state index contributed by atoms with van der Waals surface area (Å²) in [5.41, 5.74) is 1.17. The largest absolute Gasteiger partial charge is 0.481 e. The molecule has 0 aliphatic heterocycles. The van der Waals surface area contributed by atoms with Crippen molar-refractivity contribution in [1.82, 2.24) is 0 Å². The zero-order valence-corrected chi connectivity index (χ0v) is 15.5. The summed E-state index contributed by atoms with van der Waals surface area (Å²) >= 11 is 0. The third kappa shape index (κ3) is 10.3. The summed E-state index contributed by atoms with van der Waals surface area (Å²) < 4.78 is 5.63. The minimum absolute atomic E-state index is 0.559. The van der Waals surface area contributed by atoms with Crippen LogP contribution in [0.5, 0.6) is 0 Å². The molecule has 0 fully saturated rings. The Balaban J connectivity index is 2.08. The van der Waals surface area contributed by atoms with E-state index in [1.54, 1.807) is 0 Å². The predicted octanol–water partition coefficient (Wildman–Crippen LogP) is 4.80. The molecular formula is C21H34O4. The zero-order valence-electron chi connectivity index (χ0n) is 15.5. The second-order valence-corrected chi connectivity index (χ2v) is 6.75. The maximum Gasteiger partial charge on any atom is 0.309 e. The molecule has 2 atom stereocenters. The number of ether oxygens (including phenoxy) is 1. The van der Waals surface area contributed by atoms with E-state index >= 15 is 0 Å². The molecule has 0 aromatic heterocycles. The molecule has 0 bridgehead atoms. The first-order valence-corrected chi connectivity index (χ1v) is 9.67. The topological polar surface area (TPSA) is 66.8 Å².